The third-order valence-electron chi connectivity index (χ3n) is 5.41. The van der Waals surface area contributed by atoms with Crippen LogP contribution in [0.3, 0.4) is 0 Å². The van der Waals surface area contributed by atoms with Crippen molar-refractivity contribution in [3.8, 4) is 22.2 Å². The number of hydrogen-bond donors (Lipinski definition) is 1. The summed E-state index contributed by atoms with van der Waals surface area (Å²) < 4.78 is 13.1. The summed E-state index contributed by atoms with van der Waals surface area (Å²) in [5.41, 5.74) is 2.63. The Morgan fingerprint density at radius 3 is 2.93 bits per heavy atom. The van der Waals surface area contributed by atoms with Crippen LogP contribution in [0, 0.1) is 0 Å². The van der Waals surface area contributed by atoms with E-state index in [9.17, 15) is 4.79 Å². The van der Waals surface area contributed by atoms with Gasteiger partial charge in [-0.2, -0.15) is 4.98 Å². The van der Waals surface area contributed by atoms with Gasteiger partial charge in [0.2, 0.25) is 5.95 Å². The zero-order valence-electron chi connectivity index (χ0n) is 16.8. The summed E-state index contributed by atoms with van der Waals surface area (Å²) in [5.74, 6) is 2.78. The van der Waals surface area contributed by atoms with E-state index < -0.39 is 0 Å². The molecule has 1 atom stereocenters. The smallest absolute Gasteiger partial charge is 0.226 e. The summed E-state index contributed by atoms with van der Waals surface area (Å²) in [5, 5.41) is 10.2. The quantitative estimate of drug-likeness (QED) is 0.655. The first-order valence-corrected chi connectivity index (χ1v) is 10.9. The molecule has 30 heavy (non-hydrogen) atoms. The Morgan fingerprint density at radius 1 is 1.27 bits per heavy atom. The average Bonchev–Trinajstić information content (AvgIpc) is 3.42. The molecule has 3 heterocycles. The molecule has 1 unspecified atom stereocenters. The van der Waals surface area contributed by atoms with Gasteiger partial charge in [0.1, 0.15) is 6.04 Å². The minimum atomic E-state index is -0.352. The van der Waals surface area contributed by atoms with Gasteiger partial charge in [0.25, 0.3) is 0 Å². The number of anilines is 1. The minimum absolute atomic E-state index is 0.153. The number of allylic oxidation sites excluding steroid dienone is 2. The highest BCUT2D eigenvalue weighted by atomic mass is 32.1. The molecule has 2 aliphatic rings. The maximum Gasteiger partial charge on any atom is 0.226 e. The molecule has 7 nitrogen and oxygen atoms in total. The number of Topliss-reactive ketones (excluding diaryl/α,β-unsaturated/α-hetero) is 1. The van der Waals surface area contributed by atoms with Crippen LogP contribution >= 0.6 is 11.3 Å². The van der Waals surface area contributed by atoms with Crippen molar-refractivity contribution in [1.82, 2.24) is 14.8 Å². The predicted molar refractivity (Wildman–Crippen MR) is 115 cm³/mol. The summed E-state index contributed by atoms with van der Waals surface area (Å²) in [6, 6.07) is 9.43. The number of fused-ring (bicyclic) bond motifs is 1. The number of methoxy groups -OCH3 is 1. The molecule has 0 amide bonds. The van der Waals surface area contributed by atoms with E-state index in [2.05, 4.69) is 5.32 Å². The van der Waals surface area contributed by atoms with Crippen molar-refractivity contribution >= 4 is 23.1 Å². The molecule has 0 saturated carbocycles. The molecular weight excluding hydrogens is 400 g/mol. The molecule has 3 aromatic rings. The number of ketones is 1. The first-order valence-electron chi connectivity index (χ1n) is 10.0. The van der Waals surface area contributed by atoms with Crippen LogP contribution in [-0.4, -0.2) is 34.3 Å². The molecule has 0 radical (unpaired) electrons. The Hall–Kier alpha value is -3.13. The number of carbonyl (C=O) groups is 1. The molecule has 0 spiro atoms. The van der Waals surface area contributed by atoms with Gasteiger partial charge in [0.15, 0.2) is 23.1 Å². The van der Waals surface area contributed by atoms with Crippen LogP contribution in [-0.2, 0) is 4.79 Å². The predicted octanol–water partition coefficient (Wildman–Crippen LogP) is 4.44. The summed E-state index contributed by atoms with van der Waals surface area (Å²) >= 11 is 1.59. The molecule has 8 heteroatoms. The first-order chi connectivity index (χ1) is 14.7. The van der Waals surface area contributed by atoms with Gasteiger partial charge in [-0.05, 0) is 48.9 Å². The number of thiophene rings is 1. The van der Waals surface area contributed by atoms with Crippen LogP contribution in [0.4, 0.5) is 5.95 Å². The fourth-order valence-electron chi connectivity index (χ4n) is 4.10. The molecule has 5 rings (SSSR count). The Balaban J connectivity index is 1.66. The molecular formula is C22H22N4O3S. The van der Waals surface area contributed by atoms with Crippen LogP contribution in [0.5, 0.6) is 11.5 Å². The molecule has 154 valence electrons. The van der Waals surface area contributed by atoms with Gasteiger partial charge in [-0.15, -0.1) is 16.4 Å². The summed E-state index contributed by atoms with van der Waals surface area (Å²) in [6.45, 7) is 2.49. The number of benzene rings is 1. The third-order valence-corrected chi connectivity index (χ3v) is 6.28. The van der Waals surface area contributed by atoms with Crippen LogP contribution in [0.2, 0.25) is 0 Å². The second-order valence-corrected chi connectivity index (χ2v) is 8.17. The van der Waals surface area contributed by atoms with Crippen LogP contribution in [0.25, 0.3) is 10.7 Å². The minimum Gasteiger partial charge on any atom is -0.493 e. The van der Waals surface area contributed by atoms with Crippen LogP contribution < -0.4 is 14.8 Å². The SMILES string of the molecule is CCOc1ccc(C2C3=C(CCCC3=O)Nc3nc(-c4cccs4)nn32)cc1OC. The Labute approximate surface area is 178 Å². The lowest BCUT2D eigenvalue weighted by molar-refractivity contribution is -0.116. The van der Waals surface area contributed by atoms with E-state index >= 15 is 0 Å². The number of nitrogens with one attached hydrogen (secondary N) is 1. The standard InChI is InChI=1S/C22H22N4O3S/c1-3-29-16-10-9-13(12-17(16)28-2)20-19-14(6-4-7-15(19)27)23-22-24-21(25-26(20)22)18-8-5-11-30-18/h5,8-12,20H,3-4,6-7H2,1-2H3,(H,23,24,25). The van der Waals surface area contributed by atoms with E-state index in [0.717, 1.165) is 34.6 Å². The Kier molecular flexibility index (Phi) is 4.78. The van der Waals surface area contributed by atoms with E-state index in [-0.39, 0.29) is 11.8 Å². The highest BCUT2D eigenvalue weighted by molar-refractivity contribution is 7.13. The summed E-state index contributed by atoms with van der Waals surface area (Å²) in [4.78, 5) is 18.7. The lowest BCUT2D eigenvalue weighted by Crippen LogP contribution is -2.31. The average molecular weight is 423 g/mol. The number of ether oxygens (including phenoxy) is 2. The number of rotatable bonds is 5. The first kappa shape index (κ1) is 18.9. The van der Waals surface area contributed by atoms with Gasteiger partial charge in [0, 0.05) is 17.7 Å². The second-order valence-electron chi connectivity index (χ2n) is 7.22. The number of aromatic nitrogens is 3. The molecule has 1 N–H and O–H groups in total. The van der Waals surface area contributed by atoms with E-state index in [1.807, 2.05) is 47.3 Å². The fourth-order valence-corrected chi connectivity index (χ4v) is 4.76. The van der Waals surface area contributed by atoms with Gasteiger partial charge < -0.3 is 14.8 Å². The maximum atomic E-state index is 13.0. The lowest BCUT2D eigenvalue weighted by atomic mass is 9.85. The second kappa shape index (κ2) is 7.60. The van der Waals surface area contributed by atoms with E-state index in [1.165, 1.54) is 0 Å². The van der Waals surface area contributed by atoms with Crippen molar-refractivity contribution in [1.29, 1.82) is 0 Å². The molecule has 1 aromatic carbocycles. The molecule has 0 saturated heterocycles. The van der Waals surface area contributed by atoms with Crippen molar-refractivity contribution in [2.24, 2.45) is 0 Å². The number of carbonyl (C=O) groups excluding carboxylic acids is 1. The van der Waals surface area contributed by atoms with Crippen molar-refractivity contribution in [3.63, 3.8) is 0 Å². The molecule has 0 fully saturated rings. The van der Waals surface area contributed by atoms with Crippen LogP contribution in [0.15, 0.2) is 47.0 Å². The normalized spacial score (nSPS) is 17.9. The largest absolute Gasteiger partial charge is 0.493 e. The topological polar surface area (TPSA) is 78.3 Å². The zero-order valence-corrected chi connectivity index (χ0v) is 17.7. The summed E-state index contributed by atoms with van der Waals surface area (Å²) in [7, 11) is 1.62. The van der Waals surface area contributed by atoms with E-state index in [1.54, 1.807) is 18.4 Å². The number of nitrogens with zero attached hydrogens (tertiary/aromatic N) is 3. The van der Waals surface area contributed by atoms with Gasteiger partial charge in [0.05, 0.1) is 18.6 Å². The van der Waals surface area contributed by atoms with Crippen molar-refractivity contribution in [3.05, 3.63) is 52.5 Å². The highest BCUT2D eigenvalue weighted by Crippen LogP contribution is 2.42. The van der Waals surface area contributed by atoms with E-state index in [4.69, 9.17) is 19.6 Å². The fraction of sp³-hybridized carbons (Fsp3) is 0.318. The molecule has 1 aliphatic heterocycles. The number of hydrogen-bond acceptors (Lipinski definition) is 7. The van der Waals surface area contributed by atoms with Gasteiger partial charge >= 0.3 is 0 Å². The molecule has 1 aliphatic carbocycles. The Bertz CT molecular complexity index is 1130. The van der Waals surface area contributed by atoms with Crippen LogP contribution in [0.1, 0.15) is 37.8 Å². The van der Waals surface area contributed by atoms with Crippen molar-refractivity contribution in [2.45, 2.75) is 32.2 Å². The van der Waals surface area contributed by atoms with Gasteiger partial charge in [-0.3, -0.25) is 4.79 Å². The van der Waals surface area contributed by atoms with E-state index in [0.29, 0.717) is 36.3 Å². The van der Waals surface area contributed by atoms with Crippen molar-refractivity contribution in [2.75, 3.05) is 19.0 Å². The highest BCUT2D eigenvalue weighted by Gasteiger charge is 2.37. The lowest BCUT2D eigenvalue weighted by Gasteiger charge is -2.32. The van der Waals surface area contributed by atoms with Gasteiger partial charge in [-0.25, -0.2) is 4.68 Å². The third kappa shape index (κ3) is 3.08. The molecule has 2 aromatic heterocycles. The molecule has 0 bridgehead atoms. The summed E-state index contributed by atoms with van der Waals surface area (Å²) in [6.07, 6.45) is 2.22. The monoisotopic (exact) mass is 422 g/mol. The van der Waals surface area contributed by atoms with Gasteiger partial charge in [-0.1, -0.05) is 12.1 Å². The maximum absolute atomic E-state index is 13.0. The van der Waals surface area contributed by atoms with Crippen molar-refractivity contribution < 1.29 is 14.3 Å². The Morgan fingerprint density at radius 2 is 2.17 bits per heavy atom. The zero-order chi connectivity index (χ0) is 20.7.